The van der Waals surface area contributed by atoms with Crippen LogP contribution in [0.4, 0.5) is 11.4 Å². The molecule has 1 aromatic heterocycles. The van der Waals surface area contributed by atoms with Crippen molar-refractivity contribution in [3.8, 4) is 0 Å². The van der Waals surface area contributed by atoms with E-state index in [4.69, 9.17) is 11.6 Å². The van der Waals surface area contributed by atoms with E-state index in [1.54, 1.807) is 0 Å². The molecule has 0 saturated heterocycles. The number of nitrogens with one attached hydrogen (secondary N) is 1. The summed E-state index contributed by atoms with van der Waals surface area (Å²) in [5.41, 5.74) is 1.31. The average molecular weight is 294 g/mol. The van der Waals surface area contributed by atoms with E-state index in [-0.39, 0.29) is 5.69 Å². The lowest BCUT2D eigenvalue weighted by Crippen LogP contribution is -2.05. The molecule has 106 valence electrons. The van der Waals surface area contributed by atoms with Crippen molar-refractivity contribution in [3.05, 3.63) is 40.6 Å². The number of benzene rings is 1. The molecule has 0 atom stereocenters. The fourth-order valence-corrected chi connectivity index (χ4v) is 2.25. The van der Waals surface area contributed by atoms with Crippen LogP contribution in [0.1, 0.15) is 19.3 Å². The van der Waals surface area contributed by atoms with Crippen molar-refractivity contribution in [2.24, 2.45) is 0 Å². The van der Waals surface area contributed by atoms with Crippen LogP contribution < -0.4 is 5.32 Å². The topological polar surface area (TPSA) is 68.1 Å². The first kappa shape index (κ1) is 14.5. The van der Waals surface area contributed by atoms with Gasteiger partial charge in [-0.3, -0.25) is 10.1 Å². The second-order valence-electron chi connectivity index (χ2n) is 4.47. The number of nitro groups is 1. The summed E-state index contributed by atoms with van der Waals surface area (Å²) in [6.07, 6.45) is 4.21. The summed E-state index contributed by atoms with van der Waals surface area (Å²) >= 11 is 5.62. The van der Waals surface area contributed by atoms with Crippen molar-refractivity contribution in [2.75, 3.05) is 17.7 Å². The van der Waals surface area contributed by atoms with Gasteiger partial charge in [-0.15, -0.1) is 11.6 Å². The van der Waals surface area contributed by atoms with Crippen LogP contribution in [0.15, 0.2) is 30.5 Å². The lowest BCUT2D eigenvalue weighted by atomic mass is 10.1. The number of pyridine rings is 1. The number of rotatable bonds is 7. The van der Waals surface area contributed by atoms with Crippen molar-refractivity contribution >= 4 is 33.9 Å². The highest BCUT2D eigenvalue weighted by Crippen LogP contribution is 2.31. The lowest BCUT2D eigenvalue weighted by Gasteiger charge is -2.09. The number of hydrogen-bond donors (Lipinski definition) is 1. The molecule has 0 unspecified atom stereocenters. The van der Waals surface area contributed by atoms with Crippen molar-refractivity contribution in [1.82, 2.24) is 4.98 Å². The lowest BCUT2D eigenvalue weighted by molar-refractivity contribution is -0.384. The second kappa shape index (κ2) is 7.05. The molecule has 0 aliphatic carbocycles. The highest BCUT2D eigenvalue weighted by Gasteiger charge is 2.17. The van der Waals surface area contributed by atoms with Gasteiger partial charge in [0.05, 0.1) is 10.4 Å². The number of fused-ring (bicyclic) bond motifs is 1. The Morgan fingerprint density at radius 1 is 1.25 bits per heavy atom. The number of alkyl halides is 1. The molecule has 0 aliphatic rings. The predicted molar refractivity (Wildman–Crippen MR) is 81.5 cm³/mol. The van der Waals surface area contributed by atoms with Crippen LogP contribution in [0, 0.1) is 10.1 Å². The van der Waals surface area contributed by atoms with Crippen LogP contribution in [-0.2, 0) is 0 Å². The minimum Gasteiger partial charge on any atom is -0.379 e. The van der Waals surface area contributed by atoms with E-state index in [0.29, 0.717) is 18.1 Å². The van der Waals surface area contributed by atoms with Crippen LogP contribution in [-0.4, -0.2) is 22.3 Å². The van der Waals surface area contributed by atoms with Gasteiger partial charge in [0.1, 0.15) is 11.9 Å². The van der Waals surface area contributed by atoms with Gasteiger partial charge >= 0.3 is 5.69 Å². The zero-order chi connectivity index (χ0) is 14.4. The summed E-state index contributed by atoms with van der Waals surface area (Å²) in [4.78, 5) is 14.8. The molecular weight excluding hydrogens is 278 g/mol. The summed E-state index contributed by atoms with van der Waals surface area (Å²) in [5, 5.41) is 15.1. The smallest absolute Gasteiger partial charge is 0.311 e. The predicted octanol–water partition coefficient (Wildman–Crippen LogP) is 3.96. The summed E-state index contributed by atoms with van der Waals surface area (Å²) < 4.78 is 0. The van der Waals surface area contributed by atoms with Gasteiger partial charge in [-0.25, -0.2) is 4.98 Å². The van der Waals surface area contributed by atoms with Crippen LogP contribution in [0.25, 0.3) is 10.9 Å². The molecule has 0 fully saturated rings. The zero-order valence-corrected chi connectivity index (χ0v) is 11.8. The van der Waals surface area contributed by atoms with Crippen molar-refractivity contribution < 1.29 is 4.92 Å². The molecule has 0 amide bonds. The molecule has 0 radical (unpaired) electrons. The molecule has 1 heterocycles. The quantitative estimate of drug-likeness (QED) is 0.363. The van der Waals surface area contributed by atoms with Crippen LogP contribution in [0.2, 0.25) is 0 Å². The zero-order valence-electron chi connectivity index (χ0n) is 11.0. The maximum atomic E-state index is 11.1. The molecule has 6 heteroatoms. The van der Waals surface area contributed by atoms with Crippen molar-refractivity contribution in [3.63, 3.8) is 0 Å². The molecule has 20 heavy (non-hydrogen) atoms. The number of halogens is 1. The number of para-hydroxylation sites is 1. The second-order valence-corrected chi connectivity index (χ2v) is 4.85. The Bertz CT molecular complexity index is 604. The van der Waals surface area contributed by atoms with Crippen LogP contribution >= 0.6 is 11.6 Å². The molecule has 0 spiro atoms. The standard InChI is InChI=1S/C14H16ClN3O2/c15-8-4-1-5-9-16-14-11-6-2-3-7-12(11)17-10-13(14)18(19)20/h2-3,6-7,10H,1,4-5,8-9H2,(H,16,17). The molecule has 0 aliphatic heterocycles. The maximum absolute atomic E-state index is 11.1. The minimum absolute atomic E-state index is 0.0149. The Balaban J connectivity index is 2.23. The summed E-state index contributed by atoms with van der Waals surface area (Å²) in [7, 11) is 0. The average Bonchev–Trinajstić information content (AvgIpc) is 2.46. The van der Waals surface area contributed by atoms with Gasteiger partial charge in [0.15, 0.2) is 0 Å². The Kier molecular flexibility index (Phi) is 5.12. The van der Waals surface area contributed by atoms with Gasteiger partial charge in [-0.1, -0.05) is 24.6 Å². The van der Waals surface area contributed by atoms with Gasteiger partial charge in [-0.2, -0.15) is 0 Å². The fraction of sp³-hybridized carbons (Fsp3) is 0.357. The SMILES string of the molecule is O=[N+]([O-])c1cnc2ccccc2c1NCCCCCCl. The van der Waals surface area contributed by atoms with Gasteiger partial charge in [0.25, 0.3) is 0 Å². The highest BCUT2D eigenvalue weighted by molar-refractivity contribution is 6.17. The Morgan fingerprint density at radius 2 is 2.05 bits per heavy atom. The third-order valence-electron chi connectivity index (χ3n) is 3.06. The Hall–Kier alpha value is -1.88. The van der Waals surface area contributed by atoms with Gasteiger partial charge in [0, 0.05) is 17.8 Å². The monoisotopic (exact) mass is 293 g/mol. The number of aromatic nitrogens is 1. The van der Waals surface area contributed by atoms with Crippen molar-refractivity contribution in [2.45, 2.75) is 19.3 Å². The molecule has 0 bridgehead atoms. The number of anilines is 1. The van der Waals surface area contributed by atoms with Crippen molar-refractivity contribution in [1.29, 1.82) is 0 Å². The number of nitrogens with zero attached hydrogens (tertiary/aromatic N) is 2. The largest absolute Gasteiger partial charge is 0.379 e. The third-order valence-corrected chi connectivity index (χ3v) is 3.33. The number of hydrogen-bond acceptors (Lipinski definition) is 4. The molecule has 1 aromatic carbocycles. The van der Waals surface area contributed by atoms with E-state index in [1.807, 2.05) is 24.3 Å². The summed E-state index contributed by atoms with van der Waals surface area (Å²) in [6, 6.07) is 7.41. The Morgan fingerprint density at radius 3 is 2.80 bits per heavy atom. The van der Waals surface area contributed by atoms with Gasteiger partial charge < -0.3 is 5.32 Å². The van der Waals surface area contributed by atoms with E-state index < -0.39 is 4.92 Å². The summed E-state index contributed by atoms with van der Waals surface area (Å²) in [6.45, 7) is 0.686. The maximum Gasteiger partial charge on any atom is 0.311 e. The molecule has 5 nitrogen and oxygen atoms in total. The van der Waals surface area contributed by atoms with E-state index >= 15 is 0 Å². The first-order chi connectivity index (χ1) is 9.74. The molecule has 2 rings (SSSR count). The van der Waals surface area contributed by atoms with E-state index in [2.05, 4.69) is 10.3 Å². The molecule has 0 saturated carbocycles. The highest BCUT2D eigenvalue weighted by atomic mass is 35.5. The normalized spacial score (nSPS) is 10.7. The minimum atomic E-state index is -0.402. The Labute approximate surface area is 122 Å². The first-order valence-electron chi connectivity index (χ1n) is 6.56. The molecule has 2 aromatic rings. The summed E-state index contributed by atoms with van der Waals surface area (Å²) in [5.74, 6) is 0.651. The molecule has 1 N–H and O–H groups in total. The number of unbranched alkanes of at least 4 members (excludes halogenated alkanes) is 2. The van der Waals surface area contributed by atoms with E-state index in [0.717, 1.165) is 30.2 Å². The first-order valence-corrected chi connectivity index (χ1v) is 7.09. The van der Waals surface area contributed by atoms with Gasteiger partial charge in [-0.05, 0) is 18.9 Å². The van der Waals surface area contributed by atoms with E-state index in [1.165, 1.54) is 6.20 Å². The third kappa shape index (κ3) is 3.36. The van der Waals surface area contributed by atoms with Gasteiger partial charge in [0.2, 0.25) is 0 Å². The van der Waals surface area contributed by atoms with E-state index in [9.17, 15) is 10.1 Å². The fourth-order valence-electron chi connectivity index (χ4n) is 2.06. The van der Waals surface area contributed by atoms with Crippen LogP contribution in [0.5, 0.6) is 0 Å². The van der Waals surface area contributed by atoms with Crippen LogP contribution in [0.3, 0.4) is 0 Å². The molecular formula is C14H16ClN3O2.